The van der Waals surface area contributed by atoms with Crippen LogP contribution in [0, 0.1) is 0 Å². The van der Waals surface area contributed by atoms with E-state index in [9.17, 15) is 9.59 Å². The number of rotatable bonds is 5. The molecule has 0 saturated carbocycles. The Bertz CT molecular complexity index is 946. The van der Waals surface area contributed by atoms with Gasteiger partial charge in [0.25, 0.3) is 0 Å². The van der Waals surface area contributed by atoms with E-state index < -0.39 is 0 Å². The number of fused-ring (bicyclic) bond motifs is 1. The van der Waals surface area contributed by atoms with E-state index in [0.717, 1.165) is 24.0 Å². The van der Waals surface area contributed by atoms with Gasteiger partial charge in [0.15, 0.2) is 5.78 Å². The van der Waals surface area contributed by atoms with Crippen molar-refractivity contribution in [3.63, 3.8) is 0 Å². The number of hydrogen-bond acceptors (Lipinski definition) is 3. The van der Waals surface area contributed by atoms with E-state index in [4.69, 9.17) is 4.74 Å². The van der Waals surface area contributed by atoms with E-state index in [1.165, 1.54) is 17.2 Å². The minimum absolute atomic E-state index is 0.0212. The molecule has 0 unspecified atom stereocenters. The first kappa shape index (κ1) is 21.0. The summed E-state index contributed by atoms with van der Waals surface area (Å²) in [4.78, 5) is 24.5. The van der Waals surface area contributed by atoms with Gasteiger partial charge in [-0.3, -0.25) is 4.79 Å². The average Bonchev–Trinajstić information content (AvgIpc) is 2.70. The molecule has 0 heterocycles. The summed E-state index contributed by atoms with van der Waals surface area (Å²) >= 11 is 0. The van der Waals surface area contributed by atoms with Crippen molar-refractivity contribution >= 4 is 17.8 Å². The quantitative estimate of drug-likeness (QED) is 0.366. The van der Waals surface area contributed by atoms with E-state index in [1.807, 2.05) is 30.3 Å². The smallest absolute Gasteiger partial charge is 0.330 e. The van der Waals surface area contributed by atoms with Crippen LogP contribution in [0.4, 0.5) is 0 Å². The van der Waals surface area contributed by atoms with Gasteiger partial charge in [0.2, 0.25) is 0 Å². The lowest BCUT2D eigenvalue weighted by molar-refractivity contribution is -0.137. The topological polar surface area (TPSA) is 43.4 Å². The molecule has 0 N–H and O–H groups in total. The summed E-state index contributed by atoms with van der Waals surface area (Å²) < 4.78 is 4.88. The second-order valence-corrected chi connectivity index (χ2v) is 9.06. The van der Waals surface area contributed by atoms with Crippen molar-refractivity contribution in [2.75, 3.05) is 6.61 Å². The zero-order valence-electron chi connectivity index (χ0n) is 18.0. The largest absolute Gasteiger partial charge is 0.463 e. The van der Waals surface area contributed by atoms with Gasteiger partial charge in [-0.15, -0.1) is 0 Å². The van der Waals surface area contributed by atoms with Crippen LogP contribution in [0.5, 0.6) is 0 Å². The first-order chi connectivity index (χ1) is 13.6. The van der Waals surface area contributed by atoms with Crippen molar-refractivity contribution in [3.05, 3.63) is 76.4 Å². The summed E-state index contributed by atoms with van der Waals surface area (Å²) in [6, 6.07) is 13.5. The third-order valence-corrected chi connectivity index (χ3v) is 5.99. The highest BCUT2D eigenvalue weighted by atomic mass is 16.5. The minimum atomic E-state index is -0.368. The van der Waals surface area contributed by atoms with E-state index >= 15 is 0 Å². The lowest BCUT2D eigenvalue weighted by atomic mass is 9.63. The summed E-state index contributed by atoms with van der Waals surface area (Å²) in [5.41, 5.74) is 5.07. The first-order valence-electron chi connectivity index (χ1n) is 10.3. The maximum Gasteiger partial charge on any atom is 0.330 e. The molecule has 3 nitrogen and oxygen atoms in total. The zero-order valence-corrected chi connectivity index (χ0v) is 18.0. The Morgan fingerprint density at radius 1 is 0.897 bits per heavy atom. The molecule has 0 amide bonds. The summed E-state index contributed by atoms with van der Waals surface area (Å²) in [5, 5.41) is 0. The third-order valence-electron chi connectivity index (χ3n) is 5.99. The summed E-state index contributed by atoms with van der Waals surface area (Å²) in [5.74, 6) is -0.347. The molecule has 1 aliphatic rings. The van der Waals surface area contributed by atoms with Gasteiger partial charge in [-0.2, -0.15) is 0 Å². The molecule has 0 fully saturated rings. The van der Waals surface area contributed by atoms with Crippen molar-refractivity contribution in [3.8, 4) is 0 Å². The van der Waals surface area contributed by atoms with Gasteiger partial charge < -0.3 is 4.74 Å². The number of esters is 1. The second-order valence-electron chi connectivity index (χ2n) is 9.06. The maximum absolute atomic E-state index is 13.1. The second kappa shape index (κ2) is 7.98. The molecule has 0 bridgehead atoms. The van der Waals surface area contributed by atoms with Gasteiger partial charge >= 0.3 is 5.97 Å². The minimum Gasteiger partial charge on any atom is -0.463 e. The average molecular weight is 391 g/mol. The lowest BCUT2D eigenvalue weighted by Gasteiger charge is -2.42. The van der Waals surface area contributed by atoms with E-state index in [0.29, 0.717) is 12.2 Å². The van der Waals surface area contributed by atoms with Crippen molar-refractivity contribution < 1.29 is 14.3 Å². The third kappa shape index (κ3) is 4.50. The standard InChI is InChI=1S/C26H30O3/c1-6-29-23(27)14-9-18-7-10-19(11-8-18)24(28)20-12-13-21-22(17-20)26(4,5)16-15-25(21,2)3/h7-14,17H,6,15-16H2,1-5H3/b14-9+. The van der Waals surface area contributed by atoms with Crippen LogP contribution in [0.1, 0.15) is 80.1 Å². The lowest BCUT2D eigenvalue weighted by Crippen LogP contribution is -2.34. The molecular weight excluding hydrogens is 360 g/mol. The van der Waals surface area contributed by atoms with E-state index in [2.05, 4.69) is 39.8 Å². The van der Waals surface area contributed by atoms with Crippen LogP contribution >= 0.6 is 0 Å². The molecule has 29 heavy (non-hydrogen) atoms. The summed E-state index contributed by atoms with van der Waals surface area (Å²) in [6.45, 7) is 11.2. The van der Waals surface area contributed by atoms with Crippen LogP contribution < -0.4 is 0 Å². The van der Waals surface area contributed by atoms with Gasteiger partial charge in [-0.1, -0.05) is 64.1 Å². The van der Waals surface area contributed by atoms with Gasteiger partial charge in [-0.25, -0.2) is 4.79 Å². The number of carbonyl (C=O) groups is 2. The van der Waals surface area contributed by atoms with Crippen LogP contribution in [0.3, 0.4) is 0 Å². The molecule has 1 aliphatic carbocycles. The predicted octanol–water partition coefficient (Wildman–Crippen LogP) is 5.84. The SMILES string of the molecule is CCOC(=O)/C=C/c1ccc(C(=O)c2ccc3c(c2)C(C)(C)CCC3(C)C)cc1. The van der Waals surface area contributed by atoms with E-state index in [-0.39, 0.29) is 22.6 Å². The zero-order chi connectivity index (χ0) is 21.2. The fourth-order valence-corrected chi connectivity index (χ4v) is 4.00. The van der Waals surface area contributed by atoms with Crippen LogP contribution in [-0.2, 0) is 20.4 Å². The maximum atomic E-state index is 13.1. The summed E-state index contributed by atoms with van der Waals surface area (Å²) in [7, 11) is 0. The molecule has 0 aliphatic heterocycles. The molecule has 0 spiro atoms. The fraction of sp³-hybridized carbons (Fsp3) is 0.385. The number of ketones is 1. The molecule has 3 heteroatoms. The number of ether oxygens (including phenoxy) is 1. The highest BCUT2D eigenvalue weighted by molar-refractivity contribution is 6.09. The fourth-order valence-electron chi connectivity index (χ4n) is 4.00. The number of hydrogen-bond donors (Lipinski definition) is 0. The molecule has 0 aromatic heterocycles. The van der Waals surface area contributed by atoms with Gasteiger partial charge in [-0.05, 0) is 59.4 Å². The van der Waals surface area contributed by atoms with Crippen LogP contribution in [0.25, 0.3) is 6.08 Å². The van der Waals surface area contributed by atoms with Crippen molar-refractivity contribution in [2.24, 2.45) is 0 Å². The Morgan fingerprint density at radius 2 is 1.48 bits per heavy atom. The van der Waals surface area contributed by atoms with Gasteiger partial charge in [0.05, 0.1) is 6.61 Å². The Kier molecular flexibility index (Phi) is 5.79. The molecular formula is C26H30O3. The predicted molar refractivity (Wildman–Crippen MR) is 117 cm³/mol. The highest BCUT2D eigenvalue weighted by Crippen LogP contribution is 2.46. The Balaban J connectivity index is 1.85. The molecule has 0 atom stereocenters. The molecule has 0 radical (unpaired) electrons. The molecule has 152 valence electrons. The Hall–Kier alpha value is -2.68. The molecule has 0 saturated heterocycles. The van der Waals surface area contributed by atoms with Crippen LogP contribution in [0.15, 0.2) is 48.5 Å². The van der Waals surface area contributed by atoms with Crippen LogP contribution in [-0.4, -0.2) is 18.4 Å². The normalized spacial score (nSPS) is 17.0. The Morgan fingerprint density at radius 3 is 2.10 bits per heavy atom. The molecule has 2 aromatic carbocycles. The van der Waals surface area contributed by atoms with Crippen LogP contribution in [0.2, 0.25) is 0 Å². The van der Waals surface area contributed by atoms with E-state index in [1.54, 1.807) is 13.0 Å². The Labute approximate surface area is 173 Å². The highest BCUT2D eigenvalue weighted by Gasteiger charge is 2.37. The molecule has 3 rings (SSSR count). The number of carbonyl (C=O) groups excluding carboxylic acids is 2. The van der Waals surface area contributed by atoms with Crippen molar-refractivity contribution in [2.45, 2.75) is 58.3 Å². The van der Waals surface area contributed by atoms with Gasteiger partial charge in [0.1, 0.15) is 0 Å². The monoisotopic (exact) mass is 390 g/mol. The van der Waals surface area contributed by atoms with Crippen molar-refractivity contribution in [1.29, 1.82) is 0 Å². The van der Waals surface area contributed by atoms with Crippen molar-refractivity contribution in [1.82, 2.24) is 0 Å². The summed E-state index contributed by atoms with van der Waals surface area (Å²) in [6.07, 6.45) is 5.36. The number of benzene rings is 2. The first-order valence-corrected chi connectivity index (χ1v) is 10.3. The molecule has 2 aromatic rings. The van der Waals surface area contributed by atoms with Gasteiger partial charge in [0, 0.05) is 17.2 Å².